The van der Waals surface area contributed by atoms with Crippen molar-refractivity contribution in [2.24, 2.45) is 0 Å². The van der Waals surface area contributed by atoms with Crippen molar-refractivity contribution in [3.05, 3.63) is 11.0 Å². The average molecular weight is 331 g/mol. The molecule has 7 heteroatoms. The van der Waals surface area contributed by atoms with Crippen molar-refractivity contribution in [2.75, 3.05) is 17.4 Å². The van der Waals surface area contributed by atoms with E-state index < -0.39 is 5.25 Å². The van der Waals surface area contributed by atoms with Crippen LogP contribution in [0, 0.1) is 0 Å². The van der Waals surface area contributed by atoms with Gasteiger partial charge in [0, 0.05) is 11.5 Å². The molecule has 1 fully saturated rings. The van der Waals surface area contributed by atoms with Crippen molar-refractivity contribution in [3.63, 3.8) is 0 Å². The van der Waals surface area contributed by atoms with Crippen LogP contribution in [0.2, 0.25) is 0 Å². The lowest BCUT2D eigenvalue weighted by atomic mass is 10.2. The topological polar surface area (TPSA) is 54.5 Å². The van der Waals surface area contributed by atoms with Crippen molar-refractivity contribution in [1.29, 1.82) is 0 Å². The molecule has 0 N–H and O–H groups in total. The molecule has 2 unspecified atom stereocenters. The molecule has 110 valence electrons. The van der Waals surface area contributed by atoms with Crippen LogP contribution < -0.4 is 0 Å². The molecule has 0 spiro atoms. The Morgan fingerprint density at radius 2 is 2.20 bits per heavy atom. The largest absolute Gasteiger partial charge is 0.322 e. The third-order valence-corrected chi connectivity index (χ3v) is 6.41. The van der Waals surface area contributed by atoms with Gasteiger partial charge < -0.3 is 4.90 Å². The Morgan fingerprint density at radius 1 is 1.45 bits per heavy atom. The Hall–Kier alpha value is -0.400. The summed E-state index contributed by atoms with van der Waals surface area (Å²) in [5, 5.41) is -0.468. The molecule has 0 bridgehead atoms. The lowest BCUT2D eigenvalue weighted by Crippen LogP contribution is -2.44. The number of nitrogens with zero attached hydrogens (tertiary/aromatic N) is 1. The molecule has 0 aromatic heterocycles. The number of carbonyl (C=O) groups is 3. The number of carbonyl (C=O) groups excluding carboxylic acids is 3. The summed E-state index contributed by atoms with van der Waals surface area (Å²) in [5.41, 5.74) is 0. The van der Waals surface area contributed by atoms with E-state index in [1.165, 1.54) is 6.92 Å². The number of thioether (sulfide) groups is 3. The summed E-state index contributed by atoms with van der Waals surface area (Å²) >= 11 is 4.20. The van der Waals surface area contributed by atoms with E-state index in [-0.39, 0.29) is 22.8 Å². The molecule has 2 heterocycles. The van der Waals surface area contributed by atoms with Crippen LogP contribution in [-0.2, 0) is 14.4 Å². The molecule has 20 heavy (non-hydrogen) atoms. The molecular formula is C13H17NO3S3. The molecule has 0 aromatic rings. The van der Waals surface area contributed by atoms with Crippen LogP contribution in [0.4, 0.5) is 0 Å². The highest BCUT2D eigenvalue weighted by molar-refractivity contribution is 8.18. The summed E-state index contributed by atoms with van der Waals surface area (Å²) in [6.07, 6.45) is 2.85. The van der Waals surface area contributed by atoms with Gasteiger partial charge in [0.15, 0.2) is 5.78 Å². The normalized spacial score (nSPS) is 23.6. The minimum absolute atomic E-state index is 0.0148. The first-order valence-corrected chi connectivity index (χ1v) is 9.45. The van der Waals surface area contributed by atoms with Crippen LogP contribution in [0.3, 0.4) is 0 Å². The quantitative estimate of drug-likeness (QED) is 0.787. The molecule has 2 atom stereocenters. The van der Waals surface area contributed by atoms with E-state index >= 15 is 0 Å². The molecule has 0 aromatic carbocycles. The fourth-order valence-corrected chi connectivity index (χ4v) is 5.19. The summed E-state index contributed by atoms with van der Waals surface area (Å²) in [4.78, 5) is 38.3. The molecular weight excluding hydrogens is 314 g/mol. The first-order valence-electron chi connectivity index (χ1n) is 6.43. The molecule has 0 aliphatic carbocycles. The highest BCUT2D eigenvalue weighted by atomic mass is 32.2. The maximum Gasteiger partial charge on any atom is 0.237 e. The van der Waals surface area contributed by atoms with E-state index in [0.29, 0.717) is 11.6 Å². The fourth-order valence-electron chi connectivity index (χ4n) is 2.06. The van der Waals surface area contributed by atoms with Gasteiger partial charge in [-0.3, -0.25) is 14.4 Å². The van der Waals surface area contributed by atoms with Crippen molar-refractivity contribution in [1.82, 2.24) is 4.90 Å². The second kappa shape index (κ2) is 7.04. The summed E-state index contributed by atoms with van der Waals surface area (Å²) in [5.74, 6) is 2.05. The number of ketones is 1. The highest BCUT2D eigenvalue weighted by Crippen LogP contribution is 2.32. The Balaban J connectivity index is 1.94. The zero-order chi connectivity index (χ0) is 14.7. The molecule has 1 amide bonds. The summed E-state index contributed by atoms with van der Waals surface area (Å²) < 4.78 is 0. The Bertz CT molecular complexity index is 464. The van der Waals surface area contributed by atoms with Gasteiger partial charge in [0.1, 0.15) is 0 Å². The minimum atomic E-state index is -0.440. The number of Topliss-reactive ketones (excluding diaryl/α,β-unsaturated/α-hetero) is 1. The van der Waals surface area contributed by atoms with Crippen molar-refractivity contribution >= 4 is 52.1 Å². The monoisotopic (exact) mass is 331 g/mol. The fraction of sp³-hybridized carbons (Fsp3) is 0.615. The minimum Gasteiger partial charge on any atom is -0.322 e. The van der Waals surface area contributed by atoms with E-state index in [0.717, 1.165) is 28.8 Å². The van der Waals surface area contributed by atoms with Crippen LogP contribution in [-0.4, -0.2) is 50.4 Å². The van der Waals surface area contributed by atoms with Crippen LogP contribution in [0.25, 0.3) is 0 Å². The first-order chi connectivity index (χ1) is 9.50. The second-order valence-corrected chi connectivity index (χ2v) is 8.14. The summed E-state index contributed by atoms with van der Waals surface area (Å²) in [6, 6.07) is -0.328. The van der Waals surface area contributed by atoms with Gasteiger partial charge in [0.2, 0.25) is 11.0 Å². The van der Waals surface area contributed by atoms with Crippen molar-refractivity contribution < 1.29 is 14.4 Å². The van der Waals surface area contributed by atoms with E-state index in [2.05, 4.69) is 0 Å². The first kappa shape index (κ1) is 16.0. The van der Waals surface area contributed by atoms with Crippen LogP contribution in [0.1, 0.15) is 20.3 Å². The SMILES string of the molecule is CC(=O)C1CSCN1C(=O)C(C)SC(=O)C1=CCCS1. The Labute approximate surface area is 131 Å². The average Bonchev–Trinajstić information content (AvgIpc) is 3.08. The molecule has 2 aliphatic rings. The van der Waals surface area contributed by atoms with Crippen molar-refractivity contribution in [3.8, 4) is 0 Å². The second-order valence-electron chi connectivity index (χ2n) is 4.69. The number of hydrogen-bond donors (Lipinski definition) is 0. The molecule has 2 rings (SSSR count). The van der Waals surface area contributed by atoms with Gasteiger partial charge in [-0.05, 0) is 20.3 Å². The number of rotatable bonds is 4. The number of hydrogen-bond acceptors (Lipinski definition) is 6. The van der Waals surface area contributed by atoms with Crippen LogP contribution >= 0.6 is 35.3 Å². The maximum absolute atomic E-state index is 12.4. The molecule has 0 radical (unpaired) electrons. The van der Waals surface area contributed by atoms with E-state index in [1.54, 1.807) is 35.3 Å². The van der Waals surface area contributed by atoms with Crippen LogP contribution in [0.15, 0.2) is 11.0 Å². The van der Waals surface area contributed by atoms with E-state index in [4.69, 9.17) is 0 Å². The lowest BCUT2D eigenvalue weighted by Gasteiger charge is -2.24. The van der Waals surface area contributed by atoms with Gasteiger partial charge in [-0.1, -0.05) is 17.8 Å². The molecule has 1 saturated heterocycles. The lowest BCUT2D eigenvalue weighted by molar-refractivity contribution is -0.135. The maximum atomic E-state index is 12.4. The standard InChI is InChI=1S/C13H17NO3S3/c1-8(15)10-6-18-7-14(10)12(16)9(2)20-13(17)11-4-3-5-19-11/h4,9-10H,3,5-7H2,1-2H3. The van der Waals surface area contributed by atoms with E-state index in [1.807, 2.05) is 6.08 Å². The number of amides is 1. The highest BCUT2D eigenvalue weighted by Gasteiger charge is 2.35. The zero-order valence-electron chi connectivity index (χ0n) is 11.5. The number of allylic oxidation sites excluding steroid dienone is 1. The Kier molecular flexibility index (Phi) is 5.63. The van der Waals surface area contributed by atoms with Gasteiger partial charge >= 0.3 is 0 Å². The van der Waals surface area contributed by atoms with Gasteiger partial charge in [0.25, 0.3) is 0 Å². The van der Waals surface area contributed by atoms with Gasteiger partial charge in [-0.2, -0.15) is 0 Å². The summed E-state index contributed by atoms with van der Waals surface area (Å²) in [7, 11) is 0. The third-order valence-electron chi connectivity index (χ3n) is 3.17. The van der Waals surface area contributed by atoms with Crippen LogP contribution in [0.5, 0.6) is 0 Å². The predicted octanol–water partition coefficient (Wildman–Crippen LogP) is 2.15. The van der Waals surface area contributed by atoms with Crippen molar-refractivity contribution in [2.45, 2.75) is 31.6 Å². The molecule has 4 nitrogen and oxygen atoms in total. The van der Waals surface area contributed by atoms with Gasteiger partial charge in [-0.25, -0.2) is 0 Å². The van der Waals surface area contributed by atoms with Gasteiger partial charge in [0.05, 0.1) is 22.1 Å². The molecule has 0 saturated carbocycles. The smallest absolute Gasteiger partial charge is 0.237 e. The van der Waals surface area contributed by atoms with E-state index in [9.17, 15) is 14.4 Å². The summed E-state index contributed by atoms with van der Waals surface area (Å²) in [6.45, 7) is 3.25. The van der Waals surface area contributed by atoms with Gasteiger partial charge in [-0.15, -0.1) is 23.5 Å². The Morgan fingerprint density at radius 3 is 2.80 bits per heavy atom. The zero-order valence-corrected chi connectivity index (χ0v) is 13.9. The molecule has 2 aliphatic heterocycles. The third kappa shape index (κ3) is 3.62. The predicted molar refractivity (Wildman–Crippen MR) is 85.9 cm³/mol.